The summed E-state index contributed by atoms with van der Waals surface area (Å²) >= 11 is 0. The maximum atomic E-state index is 12.4. The molecule has 0 aromatic heterocycles. The molecule has 6 heteroatoms. The van der Waals surface area contributed by atoms with Gasteiger partial charge in [-0.25, -0.2) is 0 Å². The SMILES string of the molecule is COC(=O)C1(C(=O)OC)Cc2c(C)c3c(c(C)c2C1)C(=O)C=CC3=O. The molecule has 0 spiro atoms. The van der Waals surface area contributed by atoms with E-state index in [4.69, 9.17) is 9.47 Å². The van der Waals surface area contributed by atoms with Crippen molar-refractivity contribution in [2.24, 2.45) is 5.41 Å². The average Bonchev–Trinajstić information content (AvgIpc) is 3.02. The van der Waals surface area contributed by atoms with Crippen LogP contribution >= 0.6 is 0 Å². The topological polar surface area (TPSA) is 86.7 Å². The van der Waals surface area contributed by atoms with E-state index in [1.165, 1.54) is 26.4 Å². The predicted molar refractivity (Wildman–Crippen MR) is 87.6 cm³/mol. The van der Waals surface area contributed by atoms with Crippen LogP contribution < -0.4 is 0 Å². The van der Waals surface area contributed by atoms with Crippen molar-refractivity contribution in [3.63, 3.8) is 0 Å². The maximum absolute atomic E-state index is 12.4. The Morgan fingerprint density at radius 1 is 0.840 bits per heavy atom. The zero-order chi connectivity index (χ0) is 18.5. The summed E-state index contributed by atoms with van der Waals surface area (Å²) in [6.07, 6.45) is 2.69. The molecular formula is C19H18O6. The first-order valence-corrected chi connectivity index (χ1v) is 7.87. The van der Waals surface area contributed by atoms with E-state index >= 15 is 0 Å². The van der Waals surface area contributed by atoms with Gasteiger partial charge in [-0.15, -0.1) is 0 Å². The maximum Gasteiger partial charge on any atom is 0.323 e. The smallest absolute Gasteiger partial charge is 0.323 e. The van der Waals surface area contributed by atoms with Gasteiger partial charge in [0.1, 0.15) is 0 Å². The molecule has 2 aliphatic rings. The molecule has 1 aromatic carbocycles. The van der Waals surface area contributed by atoms with E-state index in [0.717, 1.165) is 11.1 Å². The Morgan fingerprint density at radius 2 is 1.20 bits per heavy atom. The van der Waals surface area contributed by atoms with Gasteiger partial charge in [0.2, 0.25) is 0 Å². The fourth-order valence-electron chi connectivity index (χ4n) is 3.97. The number of carbonyl (C=O) groups is 4. The highest BCUT2D eigenvalue weighted by Crippen LogP contribution is 2.44. The Hall–Kier alpha value is -2.76. The van der Waals surface area contributed by atoms with Gasteiger partial charge in [-0.2, -0.15) is 0 Å². The number of allylic oxidation sites excluding steroid dienone is 2. The third-order valence-corrected chi connectivity index (χ3v) is 5.26. The van der Waals surface area contributed by atoms with Crippen LogP contribution in [0.3, 0.4) is 0 Å². The molecule has 2 aliphatic carbocycles. The predicted octanol–water partition coefficient (Wildman–Crippen LogP) is 1.67. The van der Waals surface area contributed by atoms with Crippen molar-refractivity contribution in [2.75, 3.05) is 14.2 Å². The van der Waals surface area contributed by atoms with Crippen LogP contribution in [0.15, 0.2) is 12.2 Å². The number of rotatable bonds is 2. The number of methoxy groups -OCH3 is 2. The molecule has 0 aliphatic heterocycles. The molecule has 25 heavy (non-hydrogen) atoms. The minimum Gasteiger partial charge on any atom is -0.468 e. The van der Waals surface area contributed by atoms with Crippen molar-refractivity contribution in [1.82, 2.24) is 0 Å². The van der Waals surface area contributed by atoms with Gasteiger partial charge in [-0.05, 0) is 48.3 Å². The summed E-state index contributed by atoms with van der Waals surface area (Å²) in [7, 11) is 2.44. The van der Waals surface area contributed by atoms with Crippen molar-refractivity contribution in [3.8, 4) is 0 Å². The van der Waals surface area contributed by atoms with Gasteiger partial charge in [0, 0.05) is 24.0 Å². The van der Waals surface area contributed by atoms with Crippen molar-refractivity contribution in [2.45, 2.75) is 26.7 Å². The molecule has 1 aromatic rings. The lowest BCUT2D eigenvalue weighted by molar-refractivity contribution is -0.168. The molecule has 0 saturated carbocycles. The first-order chi connectivity index (χ1) is 11.8. The van der Waals surface area contributed by atoms with E-state index in [2.05, 4.69) is 0 Å². The van der Waals surface area contributed by atoms with E-state index in [-0.39, 0.29) is 24.4 Å². The van der Waals surface area contributed by atoms with Gasteiger partial charge in [0.15, 0.2) is 17.0 Å². The summed E-state index contributed by atoms with van der Waals surface area (Å²) in [5.74, 6) is -1.84. The molecule has 130 valence electrons. The van der Waals surface area contributed by atoms with Crippen molar-refractivity contribution in [3.05, 3.63) is 45.5 Å². The van der Waals surface area contributed by atoms with Crippen LogP contribution in [-0.2, 0) is 31.9 Å². The molecule has 0 N–H and O–H groups in total. The minimum absolute atomic E-state index is 0.0901. The Kier molecular flexibility index (Phi) is 3.86. The molecule has 0 radical (unpaired) electrons. The number of carbonyl (C=O) groups excluding carboxylic acids is 4. The highest BCUT2D eigenvalue weighted by atomic mass is 16.5. The van der Waals surface area contributed by atoms with Crippen molar-refractivity contribution < 1.29 is 28.7 Å². The van der Waals surface area contributed by atoms with Crippen LogP contribution in [0.25, 0.3) is 0 Å². The molecule has 0 heterocycles. The fourth-order valence-corrected chi connectivity index (χ4v) is 3.97. The first kappa shape index (κ1) is 17.1. The number of benzene rings is 1. The van der Waals surface area contributed by atoms with Crippen LogP contribution in [0.2, 0.25) is 0 Å². The van der Waals surface area contributed by atoms with E-state index in [1.54, 1.807) is 13.8 Å². The normalized spacial score (nSPS) is 17.1. The van der Waals surface area contributed by atoms with Crippen molar-refractivity contribution in [1.29, 1.82) is 0 Å². The van der Waals surface area contributed by atoms with E-state index in [9.17, 15) is 19.2 Å². The van der Waals surface area contributed by atoms with Gasteiger partial charge >= 0.3 is 11.9 Å². The molecule has 0 bridgehead atoms. The van der Waals surface area contributed by atoms with E-state index in [0.29, 0.717) is 22.3 Å². The number of ketones is 2. The Balaban J connectivity index is 2.27. The van der Waals surface area contributed by atoms with E-state index in [1.807, 2.05) is 0 Å². The summed E-state index contributed by atoms with van der Waals surface area (Å²) in [6.45, 7) is 3.48. The largest absolute Gasteiger partial charge is 0.468 e. The number of hydrogen-bond donors (Lipinski definition) is 0. The lowest BCUT2D eigenvalue weighted by atomic mass is 9.83. The standard InChI is InChI=1S/C19H18O6/c1-9-11-7-19(17(22)24-3,18(23)25-4)8-12(11)10(2)16-14(21)6-5-13(20)15(9)16/h5-6H,7-8H2,1-4H3. The highest BCUT2D eigenvalue weighted by molar-refractivity contribution is 6.23. The van der Waals surface area contributed by atoms with Crippen molar-refractivity contribution >= 4 is 23.5 Å². The third kappa shape index (κ3) is 2.17. The molecule has 0 amide bonds. The second-order valence-corrected chi connectivity index (χ2v) is 6.44. The highest BCUT2D eigenvalue weighted by Gasteiger charge is 2.54. The zero-order valence-electron chi connectivity index (χ0n) is 14.5. The Bertz CT molecular complexity index is 804. The average molecular weight is 342 g/mol. The van der Waals surface area contributed by atoms with E-state index < -0.39 is 17.4 Å². The molecule has 3 rings (SSSR count). The van der Waals surface area contributed by atoms with Crippen LogP contribution in [-0.4, -0.2) is 37.7 Å². The summed E-state index contributed by atoms with van der Waals surface area (Å²) in [4.78, 5) is 49.5. The number of hydrogen-bond acceptors (Lipinski definition) is 6. The summed E-state index contributed by atoms with van der Waals surface area (Å²) < 4.78 is 9.71. The number of esters is 2. The van der Waals surface area contributed by atoms with Crippen LogP contribution in [0.5, 0.6) is 0 Å². The number of ether oxygens (including phenoxy) is 2. The lowest BCUT2D eigenvalue weighted by Crippen LogP contribution is -2.42. The van der Waals surface area contributed by atoms with Crippen LogP contribution in [0, 0.1) is 19.3 Å². The summed E-state index contributed by atoms with van der Waals surface area (Å²) in [5, 5.41) is 0. The lowest BCUT2D eigenvalue weighted by Gasteiger charge is -2.22. The van der Waals surface area contributed by atoms with Crippen LogP contribution in [0.1, 0.15) is 43.0 Å². The van der Waals surface area contributed by atoms with Gasteiger partial charge in [-0.1, -0.05) is 0 Å². The quantitative estimate of drug-likeness (QED) is 0.600. The molecule has 6 nitrogen and oxygen atoms in total. The zero-order valence-corrected chi connectivity index (χ0v) is 14.5. The van der Waals surface area contributed by atoms with Gasteiger partial charge in [-0.3, -0.25) is 19.2 Å². The monoisotopic (exact) mass is 342 g/mol. The fraction of sp³-hybridized carbons (Fsp3) is 0.368. The third-order valence-electron chi connectivity index (χ3n) is 5.26. The Labute approximate surface area is 144 Å². The van der Waals surface area contributed by atoms with Gasteiger partial charge in [0.25, 0.3) is 0 Å². The second kappa shape index (κ2) is 5.65. The minimum atomic E-state index is -1.48. The molecule has 0 atom stereocenters. The molecule has 0 unspecified atom stereocenters. The van der Waals surface area contributed by atoms with Gasteiger partial charge in [0.05, 0.1) is 14.2 Å². The molecule has 0 saturated heterocycles. The first-order valence-electron chi connectivity index (χ1n) is 7.87. The summed E-state index contributed by atoms with van der Waals surface area (Å²) in [6, 6.07) is 0. The van der Waals surface area contributed by atoms with Crippen LogP contribution in [0.4, 0.5) is 0 Å². The molecular weight excluding hydrogens is 324 g/mol. The summed E-state index contributed by atoms with van der Waals surface area (Å²) in [5.41, 5.74) is 1.97. The number of fused-ring (bicyclic) bond motifs is 2. The van der Waals surface area contributed by atoms with Gasteiger partial charge < -0.3 is 9.47 Å². The Morgan fingerprint density at radius 3 is 1.52 bits per heavy atom. The second-order valence-electron chi connectivity index (χ2n) is 6.44. The molecule has 0 fully saturated rings.